The Labute approximate surface area is 88.3 Å². The fourth-order valence-electron chi connectivity index (χ4n) is 2.02. The molecular formula is C11H14N2O2. The molecule has 1 saturated heterocycles. The minimum atomic E-state index is -0.784. The molecule has 80 valence electrons. The van der Waals surface area contributed by atoms with Crippen LogP contribution in [0.15, 0.2) is 24.5 Å². The third kappa shape index (κ3) is 1.85. The van der Waals surface area contributed by atoms with Crippen molar-refractivity contribution in [2.45, 2.75) is 24.8 Å². The van der Waals surface area contributed by atoms with Crippen molar-refractivity contribution in [1.29, 1.82) is 0 Å². The number of pyridine rings is 1. The van der Waals surface area contributed by atoms with Crippen LogP contribution < -0.4 is 5.32 Å². The SMILES string of the molecule is CC1(C(=O)O)CC(c2ccncc2)CN1. The van der Waals surface area contributed by atoms with E-state index < -0.39 is 11.5 Å². The zero-order valence-electron chi connectivity index (χ0n) is 8.60. The number of rotatable bonds is 2. The van der Waals surface area contributed by atoms with Gasteiger partial charge in [-0.3, -0.25) is 9.78 Å². The maximum Gasteiger partial charge on any atom is 0.323 e. The molecular weight excluding hydrogens is 192 g/mol. The number of carbonyl (C=O) groups is 1. The summed E-state index contributed by atoms with van der Waals surface area (Å²) >= 11 is 0. The van der Waals surface area contributed by atoms with Gasteiger partial charge >= 0.3 is 5.97 Å². The molecule has 0 radical (unpaired) electrons. The molecule has 1 aliphatic heterocycles. The minimum absolute atomic E-state index is 0.272. The molecule has 1 aromatic heterocycles. The van der Waals surface area contributed by atoms with Crippen molar-refractivity contribution in [3.63, 3.8) is 0 Å². The van der Waals surface area contributed by atoms with Crippen molar-refractivity contribution in [3.05, 3.63) is 30.1 Å². The first-order chi connectivity index (χ1) is 7.12. The molecule has 15 heavy (non-hydrogen) atoms. The fraction of sp³-hybridized carbons (Fsp3) is 0.455. The van der Waals surface area contributed by atoms with Crippen LogP contribution >= 0.6 is 0 Å². The van der Waals surface area contributed by atoms with Gasteiger partial charge in [0, 0.05) is 18.9 Å². The Bertz CT molecular complexity index is 366. The Kier molecular flexibility index (Phi) is 2.44. The van der Waals surface area contributed by atoms with Crippen LogP contribution in [-0.2, 0) is 4.79 Å². The highest BCUT2D eigenvalue weighted by Crippen LogP contribution is 2.31. The lowest BCUT2D eigenvalue weighted by molar-refractivity contribution is -0.143. The maximum atomic E-state index is 11.0. The van der Waals surface area contributed by atoms with E-state index in [0.29, 0.717) is 13.0 Å². The van der Waals surface area contributed by atoms with E-state index in [0.717, 1.165) is 5.56 Å². The van der Waals surface area contributed by atoms with E-state index in [1.54, 1.807) is 19.3 Å². The zero-order valence-corrected chi connectivity index (χ0v) is 8.60. The molecule has 2 N–H and O–H groups in total. The first-order valence-electron chi connectivity index (χ1n) is 5.00. The number of hydrogen-bond acceptors (Lipinski definition) is 3. The summed E-state index contributed by atoms with van der Waals surface area (Å²) in [5, 5.41) is 12.1. The predicted octanol–water partition coefficient (Wildman–Crippen LogP) is 1.00. The number of aliphatic carboxylic acids is 1. The third-order valence-electron chi connectivity index (χ3n) is 3.04. The van der Waals surface area contributed by atoms with E-state index in [9.17, 15) is 4.79 Å². The quantitative estimate of drug-likeness (QED) is 0.757. The average molecular weight is 206 g/mol. The fourth-order valence-corrected chi connectivity index (χ4v) is 2.02. The van der Waals surface area contributed by atoms with Crippen LogP contribution in [0.2, 0.25) is 0 Å². The van der Waals surface area contributed by atoms with Gasteiger partial charge in [0.25, 0.3) is 0 Å². The molecule has 1 fully saturated rings. The molecule has 1 aromatic rings. The van der Waals surface area contributed by atoms with Crippen LogP contribution in [0.1, 0.15) is 24.8 Å². The maximum absolute atomic E-state index is 11.0. The van der Waals surface area contributed by atoms with Gasteiger partial charge in [-0.15, -0.1) is 0 Å². The van der Waals surface area contributed by atoms with Crippen molar-refractivity contribution in [3.8, 4) is 0 Å². The van der Waals surface area contributed by atoms with E-state index in [2.05, 4.69) is 10.3 Å². The Morgan fingerprint density at radius 2 is 2.27 bits per heavy atom. The number of nitrogens with one attached hydrogen (secondary N) is 1. The largest absolute Gasteiger partial charge is 0.480 e. The van der Waals surface area contributed by atoms with E-state index in [1.807, 2.05) is 12.1 Å². The summed E-state index contributed by atoms with van der Waals surface area (Å²) < 4.78 is 0. The molecule has 4 nitrogen and oxygen atoms in total. The van der Waals surface area contributed by atoms with Crippen LogP contribution in [0.4, 0.5) is 0 Å². The van der Waals surface area contributed by atoms with Crippen molar-refractivity contribution < 1.29 is 9.90 Å². The van der Waals surface area contributed by atoms with E-state index in [-0.39, 0.29) is 5.92 Å². The second-order valence-electron chi connectivity index (χ2n) is 4.20. The number of carboxylic acid groups (broad SMARTS) is 1. The predicted molar refractivity (Wildman–Crippen MR) is 55.6 cm³/mol. The molecule has 2 atom stereocenters. The lowest BCUT2D eigenvalue weighted by Crippen LogP contribution is -2.44. The molecule has 0 aliphatic carbocycles. The Morgan fingerprint density at radius 3 is 2.80 bits per heavy atom. The van der Waals surface area contributed by atoms with Crippen LogP contribution in [0.5, 0.6) is 0 Å². The van der Waals surface area contributed by atoms with Crippen molar-refractivity contribution in [2.75, 3.05) is 6.54 Å². The summed E-state index contributed by atoms with van der Waals surface area (Å²) in [6.07, 6.45) is 4.11. The first kappa shape index (κ1) is 10.1. The highest BCUT2D eigenvalue weighted by molar-refractivity contribution is 5.79. The van der Waals surface area contributed by atoms with E-state index >= 15 is 0 Å². The van der Waals surface area contributed by atoms with Crippen molar-refractivity contribution >= 4 is 5.97 Å². The Balaban J connectivity index is 2.14. The summed E-state index contributed by atoms with van der Waals surface area (Å²) in [6, 6.07) is 3.89. The highest BCUT2D eigenvalue weighted by Gasteiger charge is 2.41. The third-order valence-corrected chi connectivity index (χ3v) is 3.04. The molecule has 0 saturated carbocycles. The second kappa shape index (κ2) is 3.62. The minimum Gasteiger partial charge on any atom is -0.480 e. The number of aromatic nitrogens is 1. The lowest BCUT2D eigenvalue weighted by atomic mass is 9.91. The van der Waals surface area contributed by atoms with Gasteiger partial charge < -0.3 is 10.4 Å². The summed E-state index contributed by atoms with van der Waals surface area (Å²) in [7, 11) is 0. The molecule has 0 aromatic carbocycles. The molecule has 0 amide bonds. The molecule has 2 heterocycles. The van der Waals surface area contributed by atoms with Crippen molar-refractivity contribution in [2.24, 2.45) is 0 Å². The van der Waals surface area contributed by atoms with Crippen LogP contribution in [0, 0.1) is 0 Å². The Morgan fingerprint density at radius 1 is 1.60 bits per heavy atom. The summed E-state index contributed by atoms with van der Waals surface area (Å²) in [4.78, 5) is 15.0. The number of carboxylic acids is 1. The van der Waals surface area contributed by atoms with Gasteiger partial charge in [-0.25, -0.2) is 0 Å². The average Bonchev–Trinajstić information content (AvgIpc) is 2.64. The Hall–Kier alpha value is -1.42. The van der Waals surface area contributed by atoms with E-state index in [1.165, 1.54) is 0 Å². The smallest absolute Gasteiger partial charge is 0.323 e. The number of hydrogen-bond donors (Lipinski definition) is 2. The second-order valence-corrected chi connectivity index (χ2v) is 4.20. The standard InChI is InChI=1S/C11H14N2O2/c1-11(10(14)15)6-9(7-13-11)8-2-4-12-5-3-8/h2-5,9,13H,6-7H2,1H3,(H,14,15). The van der Waals surface area contributed by atoms with Gasteiger partial charge in [-0.1, -0.05) is 0 Å². The van der Waals surface area contributed by atoms with Crippen LogP contribution in [0.25, 0.3) is 0 Å². The molecule has 0 bridgehead atoms. The summed E-state index contributed by atoms with van der Waals surface area (Å²) in [6.45, 7) is 2.45. The highest BCUT2D eigenvalue weighted by atomic mass is 16.4. The van der Waals surface area contributed by atoms with Gasteiger partial charge in [-0.05, 0) is 37.0 Å². The van der Waals surface area contributed by atoms with Crippen LogP contribution in [0.3, 0.4) is 0 Å². The monoisotopic (exact) mass is 206 g/mol. The van der Waals surface area contributed by atoms with Gasteiger partial charge in [0.15, 0.2) is 0 Å². The lowest BCUT2D eigenvalue weighted by Gasteiger charge is -2.18. The van der Waals surface area contributed by atoms with E-state index in [4.69, 9.17) is 5.11 Å². The van der Waals surface area contributed by atoms with Crippen molar-refractivity contribution in [1.82, 2.24) is 10.3 Å². The first-order valence-corrected chi connectivity index (χ1v) is 5.00. The molecule has 4 heteroatoms. The number of nitrogens with zero attached hydrogens (tertiary/aromatic N) is 1. The molecule has 2 unspecified atom stereocenters. The summed E-state index contributed by atoms with van der Waals surface area (Å²) in [5.41, 5.74) is 0.371. The normalized spacial score (nSPS) is 30.3. The van der Waals surface area contributed by atoms with Gasteiger partial charge in [0.1, 0.15) is 5.54 Å². The van der Waals surface area contributed by atoms with Crippen LogP contribution in [-0.4, -0.2) is 28.1 Å². The van der Waals surface area contributed by atoms with Gasteiger partial charge in [-0.2, -0.15) is 0 Å². The molecule has 2 rings (SSSR count). The summed E-state index contributed by atoms with van der Waals surface area (Å²) in [5.74, 6) is -0.506. The van der Waals surface area contributed by atoms with Gasteiger partial charge in [0.2, 0.25) is 0 Å². The van der Waals surface area contributed by atoms with Gasteiger partial charge in [0.05, 0.1) is 0 Å². The molecule has 0 spiro atoms. The topological polar surface area (TPSA) is 62.2 Å². The zero-order chi connectivity index (χ0) is 10.9. The molecule has 1 aliphatic rings.